The lowest BCUT2D eigenvalue weighted by Gasteiger charge is -2.14. The Morgan fingerprint density at radius 2 is 2.04 bits per heavy atom. The maximum Gasteiger partial charge on any atom is 0.226 e. The van der Waals surface area contributed by atoms with Gasteiger partial charge in [-0.2, -0.15) is 0 Å². The lowest BCUT2D eigenvalue weighted by Crippen LogP contribution is -2.39. The third kappa shape index (κ3) is 6.83. The normalized spacial score (nSPS) is 14.1. The number of amides is 1. The molecular weight excluding hydrogens is 348 g/mol. The number of methoxy groups -OCH3 is 1. The number of nitrogens with one attached hydrogen (secondary N) is 2. The van der Waals surface area contributed by atoms with E-state index in [1.165, 1.54) is 12.8 Å². The number of hydrogen-bond donors (Lipinski definition) is 2. The van der Waals surface area contributed by atoms with Gasteiger partial charge in [0.25, 0.3) is 0 Å². The van der Waals surface area contributed by atoms with E-state index in [1.54, 1.807) is 7.11 Å². The molecule has 1 aromatic rings. The molecule has 0 radical (unpaired) electrons. The van der Waals surface area contributed by atoms with Crippen molar-refractivity contribution < 1.29 is 14.3 Å². The van der Waals surface area contributed by atoms with E-state index in [2.05, 4.69) is 17.6 Å². The lowest BCUT2D eigenvalue weighted by atomic mass is 10.0. The summed E-state index contributed by atoms with van der Waals surface area (Å²) in [7, 11) is 1.63. The van der Waals surface area contributed by atoms with Gasteiger partial charge in [0.2, 0.25) is 5.91 Å². The fraction of sp³-hybridized carbons (Fsp3) is 0.600. The maximum atomic E-state index is 12.0. The maximum absolute atomic E-state index is 12.0. The average molecular weight is 379 g/mol. The summed E-state index contributed by atoms with van der Waals surface area (Å²) >= 11 is 5.23. The van der Waals surface area contributed by atoms with Crippen LogP contribution in [0.3, 0.4) is 0 Å². The minimum Gasteiger partial charge on any atom is -0.493 e. The van der Waals surface area contributed by atoms with Gasteiger partial charge < -0.3 is 20.1 Å². The van der Waals surface area contributed by atoms with Gasteiger partial charge in [-0.25, -0.2) is 0 Å². The molecule has 0 bridgehead atoms. The van der Waals surface area contributed by atoms with E-state index in [1.807, 2.05) is 18.2 Å². The zero-order chi connectivity index (χ0) is 18.8. The molecule has 2 N–H and O–H groups in total. The summed E-state index contributed by atoms with van der Waals surface area (Å²) in [5.74, 6) is 1.97. The van der Waals surface area contributed by atoms with Crippen molar-refractivity contribution >= 4 is 23.2 Å². The molecular formula is C20H30N2O3S. The molecule has 1 amide bonds. The van der Waals surface area contributed by atoms with Gasteiger partial charge in [0.05, 0.1) is 13.7 Å². The standard InChI is InChI=1S/C20H30N2O3S/c1-3-4-11-25-17-10-9-16(12-18(17)24-2)14-21-20(26)22-19(23)13-15-7-5-6-8-15/h9-10,12,15H,3-8,11,13-14H2,1-2H3,(H2,21,22,23,26). The van der Waals surface area contributed by atoms with Crippen LogP contribution in [0, 0.1) is 5.92 Å². The molecule has 1 aliphatic carbocycles. The van der Waals surface area contributed by atoms with Crippen LogP contribution in [0.25, 0.3) is 0 Å². The number of carbonyl (C=O) groups is 1. The molecule has 26 heavy (non-hydrogen) atoms. The van der Waals surface area contributed by atoms with Gasteiger partial charge in [0, 0.05) is 13.0 Å². The average Bonchev–Trinajstić information content (AvgIpc) is 3.13. The van der Waals surface area contributed by atoms with Crippen molar-refractivity contribution in [1.82, 2.24) is 10.6 Å². The van der Waals surface area contributed by atoms with Crippen LogP contribution < -0.4 is 20.1 Å². The smallest absolute Gasteiger partial charge is 0.226 e. The molecule has 0 aromatic heterocycles. The number of hydrogen-bond acceptors (Lipinski definition) is 4. The molecule has 1 fully saturated rings. The van der Waals surface area contributed by atoms with E-state index in [0.29, 0.717) is 36.4 Å². The molecule has 0 atom stereocenters. The predicted molar refractivity (Wildman–Crippen MR) is 108 cm³/mol. The van der Waals surface area contributed by atoms with E-state index in [9.17, 15) is 4.79 Å². The van der Waals surface area contributed by atoms with Crippen LogP contribution in [0.15, 0.2) is 18.2 Å². The fourth-order valence-electron chi connectivity index (χ4n) is 3.15. The van der Waals surface area contributed by atoms with Crippen molar-refractivity contribution in [2.24, 2.45) is 5.92 Å². The Balaban J connectivity index is 1.78. The van der Waals surface area contributed by atoms with Gasteiger partial charge in [-0.05, 0) is 55.1 Å². The number of unbranched alkanes of at least 4 members (excludes halogenated alkanes) is 1. The van der Waals surface area contributed by atoms with Crippen molar-refractivity contribution in [1.29, 1.82) is 0 Å². The number of thiocarbonyl (C=S) groups is 1. The van der Waals surface area contributed by atoms with Crippen molar-refractivity contribution in [3.8, 4) is 11.5 Å². The molecule has 6 heteroatoms. The number of carbonyl (C=O) groups excluding carboxylic acids is 1. The number of benzene rings is 1. The van der Waals surface area contributed by atoms with Crippen LogP contribution >= 0.6 is 12.2 Å². The highest BCUT2D eigenvalue weighted by molar-refractivity contribution is 7.80. The lowest BCUT2D eigenvalue weighted by molar-refractivity contribution is -0.120. The van der Waals surface area contributed by atoms with Gasteiger partial charge in [0.15, 0.2) is 16.6 Å². The molecule has 0 spiro atoms. The largest absolute Gasteiger partial charge is 0.493 e. The Labute approximate surface area is 161 Å². The Hall–Kier alpha value is -1.82. The Morgan fingerprint density at radius 1 is 1.27 bits per heavy atom. The second-order valence-corrected chi connectivity index (χ2v) is 7.18. The molecule has 0 aliphatic heterocycles. The van der Waals surface area contributed by atoms with Crippen molar-refractivity contribution in [2.75, 3.05) is 13.7 Å². The van der Waals surface area contributed by atoms with Crippen LogP contribution in [0.5, 0.6) is 11.5 Å². The van der Waals surface area contributed by atoms with Crippen molar-refractivity contribution in [3.05, 3.63) is 23.8 Å². The van der Waals surface area contributed by atoms with E-state index in [-0.39, 0.29) is 5.91 Å². The molecule has 2 rings (SSSR count). The van der Waals surface area contributed by atoms with Gasteiger partial charge in [-0.3, -0.25) is 4.79 Å². The van der Waals surface area contributed by atoms with Crippen LogP contribution in [-0.4, -0.2) is 24.7 Å². The second-order valence-electron chi connectivity index (χ2n) is 6.77. The van der Waals surface area contributed by atoms with E-state index in [0.717, 1.165) is 37.0 Å². The predicted octanol–water partition coefficient (Wildman–Crippen LogP) is 3.95. The molecule has 0 heterocycles. The first-order valence-corrected chi connectivity index (χ1v) is 9.90. The summed E-state index contributed by atoms with van der Waals surface area (Å²) < 4.78 is 11.1. The fourth-order valence-corrected chi connectivity index (χ4v) is 3.33. The monoisotopic (exact) mass is 378 g/mol. The minimum absolute atomic E-state index is 0.00616. The van der Waals surface area contributed by atoms with Crippen LogP contribution in [0.2, 0.25) is 0 Å². The van der Waals surface area contributed by atoms with Gasteiger partial charge >= 0.3 is 0 Å². The number of ether oxygens (including phenoxy) is 2. The first-order chi connectivity index (χ1) is 12.6. The summed E-state index contributed by atoms with van der Waals surface area (Å²) in [5.41, 5.74) is 1.01. The van der Waals surface area contributed by atoms with Gasteiger partial charge in [-0.1, -0.05) is 32.3 Å². The molecule has 5 nitrogen and oxygen atoms in total. The highest BCUT2D eigenvalue weighted by Crippen LogP contribution is 2.28. The highest BCUT2D eigenvalue weighted by Gasteiger charge is 2.18. The molecule has 0 unspecified atom stereocenters. The third-order valence-corrected chi connectivity index (χ3v) is 4.88. The summed E-state index contributed by atoms with van der Waals surface area (Å²) in [6.45, 7) is 3.33. The third-order valence-electron chi connectivity index (χ3n) is 4.64. The Kier molecular flexibility index (Phi) is 8.68. The number of rotatable bonds is 9. The zero-order valence-corrected chi connectivity index (χ0v) is 16.6. The molecule has 1 aliphatic rings. The van der Waals surface area contributed by atoms with Crippen molar-refractivity contribution in [3.63, 3.8) is 0 Å². The van der Waals surface area contributed by atoms with Crippen LogP contribution in [0.4, 0.5) is 0 Å². The summed E-state index contributed by atoms with van der Waals surface area (Å²) in [4.78, 5) is 12.0. The van der Waals surface area contributed by atoms with Gasteiger partial charge in [0.1, 0.15) is 0 Å². The zero-order valence-electron chi connectivity index (χ0n) is 15.8. The second kappa shape index (κ2) is 11.0. The molecule has 1 saturated carbocycles. The van der Waals surface area contributed by atoms with E-state index < -0.39 is 0 Å². The topological polar surface area (TPSA) is 59.6 Å². The quantitative estimate of drug-likeness (QED) is 0.503. The SMILES string of the molecule is CCCCOc1ccc(CNC(=S)NC(=O)CC2CCCC2)cc1OC. The molecule has 144 valence electrons. The van der Waals surface area contributed by atoms with Crippen LogP contribution in [-0.2, 0) is 11.3 Å². The summed E-state index contributed by atoms with van der Waals surface area (Å²) in [6, 6.07) is 5.81. The molecule has 1 aromatic carbocycles. The Morgan fingerprint density at radius 3 is 2.73 bits per heavy atom. The first kappa shape index (κ1) is 20.5. The van der Waals surface area contributed by atoms with Crippen molar-refractivity contribution in [2.45, 2.75) is 58.4 Å². The Bertz CT molecular complexity index is 601. The van der Waals surface area contributed by atoms with E-state index in [4.69, 9.17) is 21.7 Å². The van der Waals surface area contributed by atoms with Gasteiger partial charge in [-0.15, -0.1) is 0 Å². The molecule has 0 saturated heterocycles. The summed E-state index contributed by atoms with van der Waals surface area (Å²) in [6.07, 6.45) is 7.45. The first-order valence-electron chi connectivity index (χ1n) is 9.49. The van der Waals surface area contributed by atoms with Crippen LogP contribution in [0.1, 0.15) is 57.4 Å². The summed E-state index contributed by atoms with van der Waals surface area (Å²) in [5, 5.41) is 6.23. The van der Waals surface area contributed by atoms with E-state index >= 15 is 0 Å². The highest BCUT2D eigenvalue weighted by atomic mass is 32.1. The minimum atomic E-state index is 0.00616.